The molecule has 126 valence electrons. The van der Waals surface area contributed by atoms with E-state index in [1.165, 1.54) is 38.5 Å². The maximum absolute atomic E-state index is 11.6. The van der Waals surface area contributed by atoms with Gasteiger partial charge in [0, 0.05) is 18.5 Å². The van der Waals surface area contributed by atoms with E-state index in [1.807, 2.05) is 20.8 Å². The highest BCUT2D eigenvalue weighted by molar-refractivity contribution is 5.81. The van der Waals surface area contributed by atoms with Crippen LogP contribution in [0, 0.1) is 10.8 Å². The summed E-state index contributed by atoms with van der Waals surface area (Å²) < 4.78 is 0. The SMILES string of the molecule is CC(C)(C)CCCCCCCNCCNC(=O)C(C)(C)C. The molecule has 0 aliphatic heterocycles. The Morgan fingerprint density at radius 2 is 1.33 bits per heavy atom. The number of hydrogen-bond acceptors (Lipinski definition) is 2. The van der Waals surface area contributed by atoms with Crippen molar-refractivity contribution in [1.29, 1.82) is 0 Å². The number of carbonyl (C=O) groups is 1. The Kier molecular flexibility index (Phi) is 9.93. The monoisotopic (exact) mass is 298 g/mol. The van der Waals surface area contributed by atoms with Gasteiger partial charge in [-0.1, -0.05) is 67.2 Å². The van der Waals surface area contributed by atoms with Crippen molar-refractivity contribution < 1.29 is 4.79 Å². The molecule has 0 heterocycles. The highest BCUT2D eigenvalue weighted by Crippen LogP contribution is 2.22. The van der Waals surface area contributed by atoms with Crippen molar-refractivity contribution in [2.45, 2.75) is 80.1 Å². The minimum atomic E-state index is -0.285. The number of amides is 1. The standard InChI is InChI=1S/C18H38N2O/c1-17(2,3)12-10-8-7-9-11-13-19-14-15-20-16(21)18(4,5)6/h19H,7-15H2,1-6H3,(H,20,21). The van der Waals surface area contributed by atoms with Crippen molar-refractivity contribution in [2.24, 2.45) is 10.8 Å². The Balaban J connectivity index is 3.25. The zero-order valence-electron chi connectivity index (χ0n) is 15.3. The minimum Gasteiger partial charge on any atom is -0.354 e. The second-order valence-corrected chi connectivity index (χ2v) is 8.33. The van der Waals surface area contributed by atoms with Crippen molar-refractivity contribution in [3.63, 3.8) is 0 Å². The van der Waals surface area contributed by atoms with Gasteiger partial charge >= 0.3 is 0 Å². The molecule has 0 atom stereocenters. The van der Waals surface area contributed by atoms with Gasteiger partial charge in [-0.25, -0.2) is 0 Å². The van der Waals surface area contributed by atoms with Crippen molar-refractivity contribution in [1.82, 2.24) is 10.6 Å². The van der Waals surface area contributed by atoms with Gasteiger partial charge in [-0.3, -0.25) is 4.79 Å². The van der Waals surface area contributed by atoms with Gasteiger partial charge < -0.3 is 10.6 Å². The van der Waals surface area contributed by atoms with Crippen LogP contribution in [0.5, 0.6) is 0 Å². The quantitative estimate of drug-likeness (QED) is 0.596. The normalized spacial score (nSPS) is 12.5. The van der Waals surface area contributed by atoms with Crippen LogP contribution >= 0.6 is 0 Å². The first-order chi connectivity index (χ1) is 9.63. The lowest BCUT2D eigenvalue weighted by Gasteiger charge is -2.17. The van der Waals surface area contributed by atoms with E-state index >= 15 is 0 Å². The van der Waals surface area contributed by atoms with E-state index in [9.17, 15) is 4.79 Å². The van der Waals surface area contributed by atoms with Crippen LogP contribution in [0.2, 0.25) is 0 Å². The number of unbranched alkanes of at least 4 members (excludes halogenated alkanes) is 4. The van der Waals surface area contributed by atoms with Gasteiger partial charge in [0.2, 0.25) is 5.91 Å². The van der Waals surface area contributed by atoms with Crippen molar-refractivity contribution >= 4 is 5.91 Å². The highest BCUT2D eigenvalue weighted by atomic mass is 16.2. The molecule has 1 amide bonds. The van der Waals surface area contributed by atoms with Crippen molar-refractivity contribution in [3.05, 3.63) is 0 Å². The summed E-state index contributed by atoms with van der Waals surface area (Å²) in [6, 6.07) is 0. The first-order valence-electron chi connectivity index (χ1n) is 8.62. The summed E-state index contributed by atoms with van der Waals surface area (Å²) in [5, 5.41) is 6.35. The van der Waals surface area contributed by atoms with Gasteiger partial charge in [-0.15, -0.1) is 0 Å². The van der Waals surface area contributed by atoms with Crippen LogP contribution in [-0.4, -0.2) is 25.5 Å². The summed E-state index contributed by atoms with van der Waals surface area (Å²) in [5.41, 5.74) is 0.200. The molecule has 21 heavy (non-hydrogen) atoms. The van der Waals surface area contributed by atoms with Crippen LogP contribution < -0.4 is 10.6 Å². The fourth-order valence-electron chi connectivity index (χ4n) is 2.09. The predicted molar refractivity (Wildman–Crippen MR) is 92.5 cm³/mol. The van der Waals surface area contributed by atoms with Crippen LogP contribution in [-0.2, 0) is 4.79 Å². The first kappa shape index (κ1) is 20.4. The van der Waals surface area contributed by atoms with Crippen LogP contribution in [0.25, 0.3) is 0 Å². The van der Waals surface area contributed by atoms with E-state index in [2.05, 4.69) is 31.4 Å². The second kappa shape index (κ2) is 10.2. The van der Waals surface area contributed by atoms with Gasteiger partial charge in [0.1, 0.15) is 0 Å². The molecule has 0 saturated heterocycles. The highest BCUT2D eigenvalue weighted by Gasteiger charge is 2.19. The lowest BCUT2D eigenvalue weighted by Crippen LogP contribution is -2.38. The van der Waals surface area contributed by atoms with E-state index in [0.29, 0.717) is 5.41 Å². The molecule has 0 aromatic heterocycles. The van der Waals surface area contributed by atoms with Crippen LogP contribution in [0.4, 0.5) is 0 Å². The largest absolute Gasteiger partial charge is 0.354 e. The molecule has 0 aromatic carbocycles. The van der Waals surface area contributed by atoms with E-state index in [-0.39, 0.29) is 11.3 Å². The third-order valence-corrected chi connectivity index (χ3v) is 3.55. The smallest absolute Gasteiger partial charge is 0.225 e. The molecule has 0 bridgehead atoms. The maximum Gasteiger partial charge on any atom is 0.225 e. The lowest BCUT2D eigenvalue weighted by atomic mass is 9.89. The molecule has 0 aliphatic rings. The van der Waals surface area contributed by atoms with E-state index in [0.717, 1.165) is 19.6 Å². The predicted octanol–water partition coefficient (Wildman–Crippen LogP) is 4.13. The molecular weight excluding hydrogens is 260 g/mol. The van der Waals surface area contributed by atoms with Crippen molar-refractivity contribution in [3.8, 4) is 0 Å². The maximum atomic E-state index is 11.6. The molecule has 0 radical (unpaired) electrons. The average molecular weight is 299 g/mol. The molecule has 2 N–H and O–H groups in total. The summed E-state index contributed by atoms with van der Waals surface area (Å²) in [6.45, 7) is 15.4. The fraction of sp³-hybridized carbons (Fsp3) is 0.944. The number of hydrogen-bond donors (Lipinski definition) is 2. The third-order valence-electron chi connectivity index (χ3n) is 3.55. The van der Waals surface area contributed by atoms with Gasteiger partial charge in [0.15, 0.2) is 0 Å². The van der Waals surface area contributed by atoms with Gasteiger partial charge in [0.05, 0.1) is 0 Å². The second-order valence-electron chi connectivity index (χ2n) is 8.33. The molecule has 3 heteroatoms. The van der Waals surface area contributed by atoms with Gasteiger partial charge in [-0.05, 0) is 24.8 Å². The molecule has 0 rings (SSSR count). The number of carbonyl (C=O) groups excluding carboxylic acids is 1. The summed E-state index contributed by atoms with van der Waals surface area (Å²) >= 11 is 0. The number of nitrogens with one attached hydrogen (secondary N) is 2. The first-order valence-corrected chi connectivity index (χ1v) is 8.62. The number of rotatable bonds is 10. The minimum absolute atomic E-state index is 0.128. The lowest BCUT2D eigenvalue weighted by molar-refractivity contribution is -0.128. The summed E-state index contributed by atoms with van der Waals surface area (Å²) in [6.07, 6.45) is 7.94. The van der Waals surface area contributed by atoms with E-state index < -0.39 is 0 Å². The Bertz CT molecular complexity index is 274. The Hall–Kier alpha value is -0.570. The van der Waals surface area contributed by atoms with Gasteiger partial charge in [-0.2, -0.15) is 0 Å². The van der Waals surface area contributed by atoms with Gasteiger partial charge in [0.25, 0.3) is 0 Å². The Labute approximate surface area is 132 Å². The molecule has 0 aliphatic carbocycles. The third kappa shape index (κ3) is 14.1. The fourth-order valence-corrected chi connectivity index (χ4v) is 2.09. The van der Waals surface area contributed by atoms with E-state index in [4.69, 9.17) is 0 Å². The van der Waals surface area contributed by atoms with E-state index in [1.54, 1.807) is 0 Å². The Morgan fingerprint density at radius 1 is 0.762 bits per heavy atom. The zero-order chi connectivity index (χ0) is 16.4. The molecule has 0 aromatic rings. The molecule has 3 nitrogen and oxygen atoms in total. The molecule has 0 unspecified atom stereocenters. The summed E-state index contributed by atoms with van der Waals surface area (Å²) in [7, 11) is 0. The average Bonchev–Trinajstić information content (AvgIpc) is 2.33. The topological polar surface area (TPSA) is 41.1 Å². The molecular formula is C18H38N2O. The van der Waals surface area contributed by atoms with Crippen LogP contribution in [0.15, 0.2) is 0 Å². The summed E-state index contributed by atoms with van der Waals surface area (Å²) in [4.78, 5) is 11.6. The Morgan fingerprint density at radius 3 is 1.90 bits per heavy atom. The summed E-state index contributed by atoms with van der Waals surface area (Å²) in [5.74, 6) is 0.128. The molecule has 0 spiro atoms. The van der Waals surface area contributed by atoms with Crippen molar-refractivity contribution in [2.75, 3.05) is 19.6 Å². The zero-order valence-corrected chi connectivity index (χ0v) is 15.3. The molecule has 0 fully saturated rings. The van der Waals surface area contributed by atoms with Crippen LogP contribution in [0.3, 0.4) is 0 Å². The van der Waals surface area contributed by atoms with Crippen LogP contribution in [0.1, 0.15) is 80.1 Å². The molecule has 0 saturated carbocycles.